The molecule has 0 saturated carbocycles. The number of halogens is 2. The summed E-state index contributed by atoms with van der Waals surface area (Å²) in [7, 11) is 0. The van der Waals surface area contributed by atoms with Crippen LogP contribution in [-0.2, 0) is 4.79 Å². The lowest BCUT2D eigenvalue weighted by Gasteiger charge is -2.26. The Bertz CT molecular complexity index is 443. The lowest BCUT2D eigenvalue weighted by atomic mass is 9.85. The fourth-order valence-electron chi connectivity index (χ4n) is 1.29. The molecule has 0 aliphatic carbocycles. The third-order valence-corrected chi connectivity index (χ3v) is 5.05. The first-order valence-electron chi connectivity index (χ1n) is 5.70. The van der Waals surface area contributed by atoms with E-state index in [0.29, 0.717) is 6.42 Å². The molecular formula is C13H18BrIN2O. The molecular weight excluding hydrogens is 407 g/mol. The molecule has 0 aliphatic rings. The second-order valence-electron chi connectivity index (χ2n) is 5.35. The highest BCUT2D eigenvalue weighted by atomic mass is 127. The Labute approximate surface area is 130 Å². The standard InChI is InChI=1S/C13H18BrIN2O/c1-13(2,3)11(16)7-12(18)17-8-4-5-9(14)10(15)6-8/h4-6,11H,7,16H2,1-3H3,(H,17,18). The molecule has 0 heterocycles. The maximum Gasteiger partial charge on any atom is 0.225 e. The summed E-state index contributed by atoms with van der Waals surface area (Å²) >= 11 is 5.63. The smallest absolute Gasteiger partial charge is 0.225 e. The largest absolute Gasteiger partial charge is 0.327 e. The van der Waals surface area contributed by atoms with Crippen LogP contribution < -0.4 is 11.1 Å². The number of nitrogens with two attached hydrogens (primary N) is 1. The van der Waals surface area contributed by atoms with Crippen LogP contribution in [0, 0.1) is 8.99 Å². The number of benzene rings is 1. The Kier molecular flexibility index (Phi) is 5.61. The molecule has 0 aliphatic heterocycles. The van der Waals surface area contributed by atoms with Gasteiger partial charge in [0.1, 0.15) is 0 Å². The molecule has 0 aromatic heterocycles. The first-order chi connectivity index (χ1) is 8.20. The summed E-state index contributed by atoms with van der Waals surface area (Å²) in [5.74, 6) is -0.0458. The maximum atomic E-state index is 11.9. The van der Waals surface area contributed by atoms with Gasteiger partial charge >= 0.3 is 0 Å². The van der Waals surface area contributed by atoms with E-state index in [1.165, 1.54) is 0 Å². The number of anilines is 1. The summed E-state index contributed by atoms with van der Waals surface area (Å²) in [5.41, 5.74) is 6.73. The van der Waals surface area contributed by atoms with E-state index in [4.69, 9.17) is 5.73 Å². The van der Waals surface area contributed by atoms with Crippen LogP contribution in [-0.4, -0.2) is 11.9 Å². The fourth-order valence-corrected chi connectivity index (χ4v) is 2.05. The molecule has 1 unspecified atom stereocenters. The maximum absolute atomic E-state index is 11.9. The van der Waals surface area contributed by atoms with E-state index >= 15 is 0 Å². The lowest BCUT2D eigenvalue weighted by molar-refractivity contribution is -0.117. The van der Waals surface area contributed by atoms with Crippen LogP contribution in [0.2, 0.25) is 0 Å². The molecule has 0 fully saturated rings. The molecule has 1 atom stereocenters. The van der Waals surface area contributed by atoms with Crippen molar-refractivity contribution in [1.29, 1.82) is 0 Å². The zero-order valence-electron chi connectivity index (χ0n) is 10.8. The summed E-state index contributed by atoms with van der Waals surface area (Å²) < 4.78 is 2.08. The van der Waals surface area contributed by atoms with Gasteiger partial charge in [-0.3, -0.25) is 4.79 Å². The third-order valence-electron chi connectivity index (χ3n) is 2.72. The zero-order chi connectivity index (χ0) is 13.9. The van der Waals surface area contributed by atoms with Gasteiger partial charge < -0.3 is 11.1 Å². The van der Waals surface area contributed by atoms with Crippen LogP contribution in [0.4, 0.5) is 5.69 Å². The highest BCUT2D eigenvalue weighted by molar-refractivity contribution is 14.1. The first-order valence-corrected chi connectivity index (χ1v) is 7.58. The molecule has 100 valence electrons. The Morgan fingerprint density at radius 3 is 2.61 bits per heavy atom. The molecule has 5 heteroatoms. The summed E-state index contributed by atoms with van der Waals surface area (Å²) in [6.07, 6.45) is 0.330. The monoisotopic (exact) mass is 424 g/mol. The molecule has 18 heavy (non-hydrogen) atoms. The highest BCUT2D eigenvalue weighted by Gasteiger charge is 2.23. The van der Waals surface area contributed by atoms with Crippen molar-refractivity contribution in [3.63, 3.8) is 0 Å². The van der Waals surface area contributed by atoms with Crippen molar-refractivity contribution in [3.8, 4) is 0 Å². The normalized spacial score (nSPS) is 13.2. The van der Waals surface area contributed by atoms with Gasteiger partial charge in [0.05, 0.1) is 0 Å². The molecule has 1 amide bonds. The minimum Gasteiger partial charge on any atom is -0.327 e. The zero-order valence-corrected chi connectivity index (χ0v) is 14.5. The van der Waals surface area contributed by atoms with Gasteiger partial charge in [0.15, 0.2) is 0 Å². The fraction of sp³-hybridized carbons (Fsp3) is 0.462. The van der Waals surface area contributed by atoms with E-state index in [1.807, 2.05) is 39.0 Å². The van der Waals surface area contributed by atoms with E-state index in [9.17, 15) is 4.79 Å². The topological polar surface area (TPSA) is 55.1 Å². The van der Waals surface area contributed by atoms with Gasteiger partial charge in [0, 0.05) is 26.2 Å². The van der Waals surface area contributed by atoms with Crippen LogP contribution in [0.3, 0.4) is 0 Å². The Morgan fingerprint density at radius 2 is 2.11 bits per heavy atom. The number of nitrogens with one attached hydrogen (secondary N) is 1. The predicted molar refractivity (Wildman–Crippen MR) is 87.5 cm³/mol. The van der Waals surface area contributed by atoms with Gasteiger partial charge in [-0.1, -0.05) is 20.8 Å². The van der Waals surface area contributed by atoms with E-state index in [0.717, 1.165) is 13.7 Å². The Balaban J connectivity index is 2.62. The molecule has 0 bridgehead atoms. The van der Waals surface area contributed by atoms with E-state index in [1.54, 1.807) is 0 Å². The van der Waals surface area contributed by atoms with Crippen molar-refractivity contribution in [1.82, 2.24) is 0 Å². The number of carbonyl (C=O) groups is 1. The van der Waals surface area contributed by atoms with Gasteiger partial charge in [-0.2, -0.15) is 0 Å². The SMILES string of the molecule is CC(C)(C)C(N)CC(=O)Nc1ccc(Br)c(I)c1. The second kappa shape index (κ2) is 6.34. The molecule has 3 N–H and O–H groups in total. The van der Waals surface area contributed by atoms with Crippen molar-refractivity contribution in [3.05, 3.63) is 26.2 Å². The van der Waals surface area contributed by atoms with Gasteiger partial charge in [-0.25, -0.2) is 0 Å². The van der Waals surface area contributed by atoms with Crippen molar-refractivity contribution in [2.24, 2.45) is 11.1 Å². The Morgan fingerprint density at radius 1 is 1.50 bits per heavy atom. The summed E-state index contributed by atoms with van der Waals surface area (Å²) in [6, 6.07) is 5.56. The number of carbonyl (C=O) groups excluding carboxylic acids is 1. The van der Waals surface area contributed by atoms with Crippen LogP contribution in [0.25, 0.3) is 0 Å². The van der Waals surface area contributed by atoms with Gasteiger partial charge in [-0.15, -0.1) is 0 Å². The average Bonchev–Trinajstić information content (AvgIpc) is 2.22. The van der Waals surface area contributed by atoms with E-state index in [-0.39, 0.29) is 17.4 Å². The molecule has 0 saturated heterocycles. The molecule has 1 rings (SSSR count). The van der Waals surface area contributed by atoms with Crippen molar-refractivity contribution < 1.29 is 4.79 Å². The number of rotatable bonds is 3. The van der Waals surface area contributed by atoms with Gasteiger partial charge in [0.25, 0.3) is 0 Å². The van der Waals surface area contributed by atoms with Crippen molar-refractivity contribution >= 4 is 50.1 Å². The number of hydrogen-bond donors (Lipinski definition) is 2. The van der Waals surface area contributed by atoms with Crippen molar-refractivity contribution in [2.45, 2.75) is 33.2 Å². The third kappa shape index (κ3) is 4.85. The first kappa shape index (κ1) is 15.9. The van der Waals surface area contributed by atoms with Crippen molar-refractivity contribution in [2.75, 3.05) is 5.32 Å². The van der Waals surface area contributed by atoms with Crippen LogP contribution in [0.15, 0.2) is 22.7 Å². The lowest BCUT2D eigenvalue weighted by Crippen LogP contribution is -2.38. The van der Waals surface area contributed by atoms with E-state index in [2.05, 4.69) is 43.8 Å². The summed E-state index contributed by atoms with van der Waals surface area (Å²) in [4.78, 5) is 11.9. The van der Waals surface area contributed by atoms with Crippen LogP contribution in [0.1, 0.15) is 27.2 Å². The predicted octanol–water partition coefficient (Wildman–Crippen LogP) is 3.76. The highest BCUT2D eigenvalue weighted by Crippen LogP contribution is 2.23. The second-order valence-corrected chi connectivity index (χ2v) is 7.37. The summed E-state index contributed by atoms with van der Waals surface area (Å²) in [6.45, 7) is 6.11. The Hall–Kier alpha value is -0.140. The van der Waals surface area contributed by atoms with E-state index < -0.39 is 0 Å². The molecule has 1 aromatic carbocycles. The molecule has 3 nitrogen and oxygen atoms in total. The number of hydrogen-bond acceptors (Lipinski definition) is 2. The molecule has 0 spiro atoms. The van der Waals surface area contributed by atoms with Crippen LogP contribution >= 0.6 is 38.5 Å². The molecule has 0 radical (unpaired) electrons. The minimum atomic E-state index is -0.146. The van der Waals surface area contributed by atoms with Gasteiger partial charge in [-0.05, 0) is 62.1 Å². The quantitative estimate of drug-likeness (QED) is 0.726. The van der Waals surface area contributed by atoms with Gasteiger partial charge in [0.2, 0.25) is 5.91 Å². The molecule has 1 aromatic rings. The minimum absolute atomic E-state index is 0.0458. The van der Waals surface area contributed by atoms with Crippen LogP contribution in [0.5, 0.6) is 0 Å². The average molecular weight is 425 g/mol. The number of amides is 1. The summed E-state index contributed by atoms with van der Waals surface area (Å²) in [5, 5.41) is 2.87.